The van der Waals surface area contributed by atoms with Gasteiger partial charge in [-0.3, -0.25) is 0 Å². The second kappa shape index (κ2) is 4.38. The largest absolute Gasteiger partial charge is 0.339 e. The van der Waals surface area contributed by atoms with Gasteiger partial charge in [0.1, 0.15) is 4.33 Å². The highest BCUT2D eigenvalue weighted by Gasteiger charge is 2.67. The van der Waals surface area contributed by atoms with Crippen LogP contribution < -0.4 is 0 Å². The molecule has 1 heterocycles. The van der Waals surface area contributed by atoms with Crippen LogP contribution in [0.4, 0.5) is 0 Å². The molecular formula is C13H18Cl2N2O. The standard InChI is InChI=1S/C13H18Cl2N2O/c1-7(2)9-10(13(9,14)15)12-16-11(17-18-12)8-5-3-4-6-8/h7-10H,3-6H2,1-2H3. The van der Waals surface area contributed by atoms with Crippen LogP contribution in [0.1, 0.15) is 63.1 Å². The molecule has 1 aromatic heterocycles. The second-order valence-corrected chi connectivity index (χ2v) is 7.34. The molecule has 0 bridgehead atoms. The van der Waals surface area contributed by atoms with Gasteiger partial charge >= 0.3 is 0 Å². The molecule has 1 aromatic rings. The van der Waals surface area contributed by atoms with Gasteiger partial charge in [-0.15, -0.1) is 23.2 Å². The predicted octanol–water partition coefficient (Wildman–Crippen LogP) is 4.27. The number of nitrogens with zero attached hydrogens (tertiary/aromatic N) is 2. The van der Waals surface area contributed by atoms with Crippen molar-refractivity contribution in [2.45, 2.75) is 55.7 Å². The highest BCUT2D eigenvalue weighted by Crippen LogP contribution is 2.67. The Hall–Kier alpha value is -0.280. The molecule has 0 radical (unpaired) electrons. The lowest BCUT2D eigenvalue weighted by Crippen LogP contribution is -1.97. The van der Waals surface area contributed by atoms with E-state index in [0.29, 0.717) is 17.7 Å². The monoisotopic (exact) mass is 288 g/mol. The molecule has 0 spiro atoms. The van der Waals surface area contributed by atoms with Crippen molar-refractivity contribution in [1.82, 2.24) is 10.1 Å². The lowest BCUT2D eigenvalue weighted by Gasteiger charge is -2.00. The summed E-state index contributed by atoms with van der Waals surface area (Å²) in [5, 5.41) is 4.12. The van der Waals surface area contributed by atoms with E-state index in [2.05, 4.69) is 24.0 Å². The van der Waals surface area contributed by atoms with Crippen LogP contribution in [0.3, 0.4) is 0 Å². The topological polar surface area (TPSA) is 38.9 Å². The zero-order valence-electron chi connectivity index (χ0n) is 10.7. The fraction of sp³-hybridized carbons (Fsp3) is 0.846. The van der Waals surface area contributed by atoms with E-state index >= 15 is 0 Å². The van der Waals surface area contributed by atoms with Crippen LogP contribution in [0.25, 0.3) is 0 Å². The average Bonchev–Trinajstić information content (AvgIpc) is 2.80. The quantitative estimate of drug-likeness (QED) is 0.780. The van der Waals surface area contributed by atoms with E-state index in [1.54, 1.807) is 0 Å². The van der Waals surface area contributed by atoms with E-state index in [0.717, 1.165) is 5.82 Å². The van der Waals surface area contributed by atoms with Crippen molar-refractivity contribution in [1.29, 1.82) is 0 Å². The summed E-state index contributed by atoms with van der Waals surface area (Å²) in [5.41, 5.74) is 0. The Labute approximate surface area is 117 Å². The van der Waals surface area contributed by atoms with E-state index in [-0.39, 0.29) is 11.8 Å². The first-order valence-electron chi connectivity index (χ1n) is 6.73. The number of aromatic nitrogens is 2. The Morgan fingerprint density at radius 3 is 2.50 bits per heavy atom. The van der Waals surface area contributed by atoms with Crippen LogP contribution in [-0.2, 0) is 0 Å². The van der Waals surface area contributed by atoms with Gasteiger partial charge in [0.15, 0.2) is 5.82 Å². The first-order chi connectivity index (χ1) is 8.51. The highest BCUT2D eigenvalue weighted by molar-refractivity contribution is 6.51. The minimum atomic E-state index is -0.729. The summed E-state index contributed by atoms with van der Waals surface area (Å²) >= 11 is 12.6. The molecule has 2 unspecified atom stereocenters. The molecule has 0 N–H and O–H groups in total. The van der Waals surface area contributed by atoms with Gasteiger partial charge in [-0.25, -0.2) is 0 Å². The lowest BCUT2D eigenvalue weighted by molar-refractivity contribution is 0.361. The normalized spacial score (nSPS) is 31.2. The van der Waals surface area contributed by atoms with Crippen molar-refractivity contribution in [3.8, 4) is 0 Å². The third-order valence-corrected chi connectivity index (χ3v) is 5.25. The smallest absolute Gasteiger partial charge is 0.233 e. The van der Waals surface area contributed by atoms with Gasteiger partial charge in [0.05, 0.1) is 5.92 Å². The molecule has 18 heavy (non-hydrogen) atoms. The van der Waals surface area contributed by atoms with E-state index in [4.69, 9.17) is 27.7 Å². The minimum Gasteiger partial charge on any atom is -0.339 e. The maximum atomic E-state index is 6.31. The number of halogens is 2. The average molecular weight is 289 g/mol. The van der Waals surface area contributed by atoms with Gasteiger partial charge in [0.2, 0.25) is 5.89 Å². The van der Waals surface area contributed by atoms with E-state index in [1.165, 1.54) is 25.7 Å². The predicted molar refractivity (Wildman–Crippen MR) is 71.0 cm³/mol. The third-order valence-electron chi connectivity index (χ3n) is 4.27. The Kier molecular flexibility index (Phi) is 3.10. The van der Waals surface area contributed by atoms with Crippen molar-refractivity contribution in [2.24, 2.45) is 11.8 Å². The van der Waals surface area contributed by atoms with Gasteiger partial charge in [-0.05, 0) is 18.8 Å². The summed E-state index contributed by atoms with van der Waals surface area (Å²) < 4.78 is 4.66. The van der Waals surface area contributed by atoms with Crippen LogP contribution in [-0.4, -0.2) is 14.5 Å². The van der Waals surface area contributed by atoms with Gasteiger partial charge in [-0.1, -0.05) is 31.8 Å². The van der Waals surface area contributed by atoms with Crippen molar-refractivity contribution >= 4 is 23.2 Å². The van der Waals surface area contributed by atoms with Crippen LogP contribution in [0, 0.1) is 11.8 Å². The molecule has 0 saturated heterocycles. The Morgan fingerprint density at radius 2 is 1.94 bits per heavy atom. The summed E-state index contributed by atoms with van der Waals surface area (Å²) in [6.45, 7) is 4.25. The zero-order chi connectivity index (χ0) is 12.9. The third kappa shape index (κ3) is 1.96. The molecule has 2 saturated carbocycles. The first kappa shape index (κ1) is 12.7. The van der Waals surface area contributed by atoms with Crippen molar-refractivity contribution in [3.63, 3.8) is 0 Å². The van der Waals surface area contributed by atoms with E-state index in [9.17, 15) is 0 Å². The summed E-state index contributed by atoms with van der Waals surface area (Å²) in [5.74, 6) is 2.59. The van der Waals surface area contributed by atoms with Crippen molar-refractivity contribution in [2.75, 3.05) is 0 Å². The highest BCUT2D eigenvalue weighted by atomic mass is 35.5. The second-order valence-electron chi connectivity index (χ2n) is 5.89. The number of alkyl halides is 2. The van der Waals surface area contributed by atoms with Crippen LogP contribution in [0.15, 0.2) is 4.52 Å². The molecule has 0 amide bonds. The Bertz CT molecular complexity index is 438. The van der Waals surface area contributed by atoms with Crippen LogP contribution in [0.5, 0.6) is 0 Å². The molecule has 3 nitrogen and oxygen atoms in total. The Morgan fingerprint density at radius 1 is 1.28 bits per heavy atom. The van der Waals surface area contributed by atoms with Crippen molar-refractivity contribution in [3.05, 3.63) is 11.7 Å². The fourth-order valence-corrected chi connectivity index (χ4v) is 4.31. The van der Waals surface area contributed by atoms with Gasteiger partial charge in [0.25, 0.3) is 0 Å². The lowest BCUT2D eigenvalue weighted by atomic mass is 10.1. The molecule has 5 heteroatoms. The molecule has 2 aliphatic carbocycles. The number of hydrogen-bond donors (Lipinski definition) is 0. The molecule has 2 aliphatic rings. The summed E-state index contributed by atoms with van der Waals surface area (Å²) in [6.07, 6.45) is 4.87. The molecule has 0 aliphatic heterocycles. The SMILES string of the molecule is CC(C)C1C(c2nc(C3CCCC3)no2)C1(Cl)Cl. The zero-order valence-corrected chi connectivity index (χ0v) is 12.2. The summed E-state index contributed by atoms with van der Waals surface area (Å²) in [7, 11) is 0. The van der Waals surface area contributed by atoms with Gasteiger partial charge in [0, 0.05) is 11.8 Å². The molecule has 0 aromatic carbocycles. The number of hydrogen-bond acceptors (Lipinski definition) is 3. The summed E-state index contributed by atoms with van der Waals surface area (Å²) in [6, 6.07) is 0. The van der Waals surface area contributed by atoms with E-state index < -0.39 is 4.33 Å². The minimum absolute atomic E-state index is 0.00323. The Balaban J connectivity index is 1.78. The van der Waals surface area contributed by atoms with Crippen molar-refractivity contribution < 1.29 is 4.52 Å². The van der Waals surface area contributed by atoms with Crippen LogP contribution >= 0.6 is 23.2 Å². The maximum absolute atomic E-state index is 6.31. The first-order valence-corrected chi connectivity index (χ1v) is 7.48. The number of rotatable bonds is 3. The summed E-state index contributed by atoms with van der Waals surface area (Å²) in [4.78, 5) is 4.54. The van der Waals surface area contributed by atoms with Crippen LogP contribution in [0.2, 0.25) is 0 Å². The van der Waals surface area contributed by atoms with E-state index in [1.807, 2.05) is 0 Å². The molecule has 3 rings (SSSR count). The van der Waals surface area contributed by atoms with Gasteiger partial charge in [-0.2, -0.15) is 4.98 Å². The molecular weight excluding hydrogens is 271 g/mol. The maximum Gasteiger partial charge on any atom is 0.233 e. The molecule has 2 fully saturated rings. The fourth-order valence-electron chi connectivity index (χ4n) is 3.22. The molecule has 2 atom stereocenters. The molecule has 100 valence electrons. The van der Waals surface area contributed by atoms with Gasteiger partial charge < -0.3 is 4.52 Å².